The van der Waals surface area contributed by atoms with Crippen LogP contribution in [-0.4, -0.2) is 8.07 Å². The lowest BCUT2D eigenvalue weighted by Crippen LogP contribution is -2.42. The Bertz CT molecular complexity index is 1240. The molecule has 0 aliphatic carbocycles. The predicted molar refractivity (Wildman–Crippen MR) is 113 cm³/mol. The average Bonchev–Trinajstić information content (AvgIpc) is 3.00. The van der Waals surface area contributed by atoms with Gasteiger partial charge in [-0.2, -0.15) is 5.26 Å². The number of aromatic nitrogens is 1. The summed E-state index contributed by atoms with van der Waals surface area (Å²) < 4.78 is 8.45. The summed E-state index contributed by atoms with van der Waals surface area (Å²) in [4.78, 5) is 0. The largest absolute Gasteiger partial charge is 0.454 e. The maximum atomic E-state index is 9.46. The van der Waals surface area contributed by atoms with Gasteiger partial charge in [-0.1, -0.05) is 43.9 Å². The number of nitrogens with zero attached hydrogens (tertiary/aromatic N) is 2. The van der Waals surface area contributed by atoms with Gasteiger partial charge in [-0.3, -0.25) is 0 Å². The smallest absolute Gasteiger partial charge is 0.216 e. The minimum Gasteiger partial charge on any atom is -0.454 e. The summed E-state index contributed by atoms with van der Waals surface area (Å²) >= 11 is 0. The summed E-state index contributed by atoms with van der Waals surface area (Å²) in [6.07, 6.45) is 2.14. The van der Waals surface area contributed by atoms with Crippen molar-refractivity contribution in [3.8, 4) is 17.3 Å². The fourth-order valence-corrected chi connectivity index (χ4v) is 4.80. The van der Waals surface area contributed by atoms with E-state index in [9.17, 15) is 5.26 Å². The molecule has 0 amide bonds. The van der Waals surface area contributed by atoms with Crippen LogP contribution < -0.4 is 9.75 Å². The lowest BCUT2D eigenvalue weighted by atomic mass is 10.0. The van der Waals surface area contributed by atoms with Gasteiger partial charge in [-0.15, -0.1) is 0 Å². The van der Waals surface area contributed by atoms with Crippen molar-refractivity contribution in [3.05, 3.63) is 59.8 Å². The van der Waals surface area contributed by atoms with Crippen LogP contribution in [0.5, 0.6) is 0 Å². The molecule has 4 aromatic rings. The Morgan fingerprint density at radius 1 is 1.00 bits per heavy atom. The quantitative estimate of drug-likeness (QED) is 0.375. The van der Waals surface area contributed by atoms with Crippen LogP contribution in [0.1, 0.15) is 11.1 Å². The SMILES string of the molecule is Cc1ccc2c(oc3c(C#N)cccc32)c1-c1cc([Si](C)(C)C)cc[n+]1C. The average molecular weight is 372 g/mol. The number of hydrogen-bond acceptors (Lipinski definition) is 2. The van der Waals surface area contributed by atoms with E-state index in [0.717, 1.165) is 27.6 Å². The van der Waals surface area contributed by atoms with E-state index in [-0.39, 0.29) is 0 Å². The Morgan fingerprint density at radius 2 is 1.74 bits per heavy atom. The number of nitriles is 1. The molecule has 0 radical (unpaired) electrons. The molecule has 0 N–H and O–H groups in total. The van der Waals surface area contributed by atoms with Crippen LogP contribution in [0.25, 0.3) is 33.2 Å². The molecule has 3 nitrogen and oxygen atoms in total. The number of para-hydroxylation sites is 1. The minimum absolute atomic E-state index is 0.576. The Labute approximate surface area is 160 Å². The summed E-state index contributed by atoms with van der Waals surface area (Å²) in [7, 11) is 0.635. The van der Waals surface area contributed by atoms with Crippen LogP contribution >= 0.6 is 0 Å². The Morgan fingerprint density at radius 3 is 2.44 bits per heavy atom. The van der Waals surface area contributed by atoms with E-state index in [1.165, 1.54) is 10.8 Å². The predicted octanol–water partition coefficient (Wildman–Crippen LogP) is 4.80. The molecule has 0 saturated carbocycles. The number of aryl methyl sites for hydroxylation is 2. The van der Waals surface area contributed by atoms with Crippen molar-refractivity contribution >= 4 is 35.2 Å². The van der Waals surface area contributed by atoms with Crippen LogP contribution in [0.15, 0.2) is 53.1 Å². The summed E-state index contributed by atoms with van der Waals surface area (Å²) in [5.41, 5.74) is 5.53. The minimum atomic E-state index is -1.44. The molecular weight excluding hydrogens is 348 g/mol. The van der Waals surface area contributed by atoms with E-state index in [4.69, 9.17) is 4.42 Å². The highest BCUT2D eigenvalue weighted by Gasteiger charge is 2.25. The van der Waals surface area contributed by atoms with E-state index < -0.39 is 8.07 Å². The molecule has 4 heteroatoms. The number of benzene rings is 2. The highest BCUT2D eigenvalue weighted by atomic mass is 28.3. The number of furan rings is 1. The highest BCUT2D eigenvalue weighted by Crippen LogP contribution is 2.37. The number of hydrogen-bond donors (Lipinski definition) is 0. The summed E-state index contributed by atoms with van der Waals surface area (Å²) in [6, 6.07) is 16.8. The molecule has 0 atom stereocenters. The van der Waals surface area contributed by atoms with Crippen molar-refractivity contribution in [1.82, 2.24) is 0 Å². The van der Waals surface area contributed by atoms with Crippen LogP contribution in [0, 0.1) is 18.3 Å². The topological polar surface area (TPSA) is 40.8 Å². The van der Waals surface area contributed by atoms with Crippen LogP contribution in [0.3, 0.4) is 0 Å². The molecule has 0 aliphatic heterocycles. The van der Waals surface area contributed by atoms with E-state index in [1.807, 2.05) is 18.2 Å². The maximum absolute atomic E-state index is 9.46. The Kier molecular flexibility index (Phi) is 3.94. The molecule has 0 saturated heterocycles. The Hall–Kier alpha value is -2.90. The van der Waals surface area contributed by atoms with Crippen LogP contribution in [-0.2, 0) is 7.05 Å². The number of rotatable bonds is 2. The lowest BCUT2D eigenvalue weighted by Gasteiger charge is -2.16. The monoisotopic (exact) mass is 371 g/mol. The number of fused-ring (bicyclic) bond motifs is 3. The maximum Gasteiger partial charge on any atom is 0.216 e. The molecule has 0 spiro atoms. The van der Waals surface area contributed by atoms with E-state index in [1.54, 1.807) is 0 Å². The zero-order valence-electron chi connectivity index (χ0n) is 16.4. The fraction of sp³-hybridized carbons (Fsp3) is 0.217. The standard InChI is InChI=1S/C23H23N2OSi/c1-15-9-10-19-18-8-6-7-16(14-24)22(18)26-23(19)21(15)20-13-17(27(3,4)5)11-12-25(20)2/h6-13H,1-5H3/q+1. The van der Waals surface area contributed by atoms with Gasteiger partial charge >= 0.3 is 0 Å². The van der Waals surface area contributed by atoms with Crippen molar-refractivity contribution in [2.45, 2.75) is 26.6 Å². The fourth-order valence-electron chi connectivity index (χ4n) is 3.65. The van der Waals surface area contributed by atoms with Crippen molar-refractivity contribution in [2.75, 3.05) is 0 Å². The zero-order valence-corrected chi connectivity index (χ0v) is 17.4. The van der Waals surface area contributed by atoms with E-state index >= 15 is 0 Å². The van der Waals surface area contributed by atoms with Gasteiger partial charge in [0.15, 0.2) is 11.8 Å². The van der Waals surface area contributed by atoms with Crippen molar-refractivity contribution in [3.63, 3.8) is 0 Å². The molecule has 0 fully saturated rings. The van der Waals surface area contributed by atoms with Gasteiger partial charge in [0.05, 0.1) is 19.2 Å². The lowest BCUT2D eigenvalue weighted by molar-refractivity contribution is -0.660. The van der Waals surface area contributed by atoms with Gasteiger partial charge in [0.1, 0.15) is 18.7 Å². The third-order valence-corrected chi connectivity index (χ3v) is 7.31. The first-order valence-corrected chi connectivity index (χ1v) is 12.7. The molecule has 2 aromatic carbocycles. The van der Waals surface area contributed by atoms with Crippen molar-refractivity contribution in [1.29, 1.82) is 5.26 Å². The third-order valence-electron chi connectivity index (χ3n) is 5.27. The molecule has 27 heavy (non-hydrogen) atoms. The van der Waals surface area contributed by atoms with E-state index in [2.05, 4.69) is 74.7 Å². The summed E-state index contributed by atoms with van der Waals surface area (Å²) in [5.74, 6) is 0. The first kappa shape index (κ1) is 17.5. The Balaban J connectivity index is 2.12. The van der Waals surface area contributed by atoms with Gasteiger partial charge in [0.25, 0.3) is 0 Å². The van der Waals surface area contributed by atoms with Crippen LogP contribution in [0.4, 0.5) is 0 Å². The summed E-state index contributed by atoms with van der Waals surface area (Å²) in [5, 5.41) is 12.9. The molecule has 2 aromatic heterocycles. The normalized spacial score (nSPS) is 11.9. The van der Waals surface area contributed by atoms with Gasteiger partial charge in [0.2, 0.25) is 5.69 Å². The molecule has 134 valence electrons. The molecule has 4 rings (SSSR count). The molecular formula is C23H23N2OSi+. The van der Waals surface area contributed by atoms with Gasteiger partial charge in [-0.05, 0) is 23.7 Å². The molecule has 0 bridgehead atoms. The highest BCUT2D eigenvalue weighted by molar-refractivity contribution is 6.88. The van der Waals surface area contributed by atoms with Gasteiger partial charge in [0, 0.05) is 22.9 Å². The van der Waals surface area contributed by atoms with Gasteiger partial charge in [-0.25, -0.2) is 4.57 Å². The number of pyridine rings is 1. The second kappa shape index (κ2) is 6.07. The molecule has 0 aliphatic rings. The van der Waals surface area contributed by atoms with Crippen LogP contribution in [0.2, 0.25) is 19.6 Å². The van der Waals surface area contributed by atoms with Crippen molar-refractivity contribution in [2.24, 2.45) is 7.05 Å². The first-order valence-electron chi connectivity index (χ1n) is 9.16. The van der Waals surface area contributed by atoms with Crippen molar-refractivity contribution < 1.29 is 8.98 Å². The molecule has 0 unspecified atom stereocenters. The second-order valence-electron chi connectivity index (χ2n) is 8.19. The second-order valence-corrected chi connectivity index (χ2v) is 13.3. The third kappa shape index (κ3) is 2.75. The first-order chi connectivity index (χ1) is 12.8. The summed E-state index contributed by atoms with van der Waals surface area (Å²) in [6.45, 7) is 9.20. The van der Waals surface area contributed by atoms with Gasteiger partial charge < -0.3 is 4.42 Å². The zero-order chi connectivity index (χ0) is 19.3. The van der Waals surface area contributed by atoms with E-state index in [0.29, 0.717) is 11.1 Å². The molecule has 2 heterocycles.